The van der Waals surface area contributed by atoms with Crippen LogP contribution in [-0.2, 0) is 4.74 Å². The van der Waals surface area contributed by atoms with E-state index in [0.29, 0.717) is 12.6 Å². The summed E-state index contributed by atoms with van der Waals surface area (Å²) in [7, 11) is 0. The van der Waals surface area contributed by atoms with Gasteiger partial charge in [0.15, 0.2) is 0 Å². The highest BCUT2D eigenvalue weighted by molar-refractivity contribution is 5.78. The monoisotopic (exact) mass is 235 g/mol. The van der Waals surface area contributed by atoms with Crippen molar-refractivity contribution in [2.24, 2.45) is 0 Å². The Morgan fingerprint density at radius 2 is 2.35 bits per heavy atom. The van der Waals surface area contributed by atoms with E-state index < -0.39 is 0 Å². The molecule has 3 rings (SSSR count). The van der Waals surface area contributed by atoms with Crippen LogP contribution >= 0.6 is 0 Å². The minimum absolute atomic E-state index is 0.163. The number of hydrogen-bond acceptors (Lipinski definition) is 3. The summed E-state index contributed by atoms with van der Waals surface area (Å²) >= 11 is 0. The number of imidazole rings is 1. The summed E-state index contributed by atoms with van der Waals surface area (Å²) in [5.41, 5.74) is 7.39. The van der Waals surface area contributed by atoms with Gasteiger partial charge in [-0.1, -0.05) is 0 Å². The molecule has 2 heterocycles. The summed E-state index contributed by atoms with van der Waals surface area (Å²) in [5, 5.41) is 0. The van der Waals surface area contributed by atoms with Crippen LogP contribution in [0.2, 0.25) is 0 Å². The lowest BCUT2D eigenvalue weighted by molar-refractivity contribution is 0.0611. The first-order valence-electron chi connectivity index (χ1n) is 5.76. The van der Waals surface area contributed by atoms with Gasteiger partial charge < -0.3 is 15.0 Å². The van der Waals surface area contributed by atoms with Crippen molar-refractivity contribution >= 4 is 17.0 Å². The van der Waals surface area contributed by atoms with E-state index in [-0.39, 0.29) is 11.9 Å². The molecule has 1 aliphatic heterocycles. The molecule has 0 amide bonds. The van der Waals surface area contributed by atoms with E-state index in [0.717, 1.165) is 30.5 Å². The number of halogens is 1. The molecule has 0 aliphatic carbocycles. The molecule has 1 saturated heterocycles. The second-order valence-corrected chi connectivity index (χ2v) is 4.34. The molecule has 0 radical (unpaired) electrons. The fourth-order valence-corrected chi connectivity index (χ4v) is 2.40. The van der Waals surface area contributed by atoms with Crippen LogP contribution in [0.4, 0.5) is 10.3 Å². The van der Waals surface area contributed by atoms with E-state index in [1.807, 2.05) is 4.57 Å². The number of aromatic nitrogens is 2. The quantitative estimate of drug-likeness (QED) is 0.823. The zero-order valence-electron chi connectivity index (χ0n) is 9.40. The standard InChI is InChI=1S/C12H14FN3O/c13-8-3-4-10-11(6-8)16(12(14)15-10)9-2-1-5-17-7-9/h3-4,6,9H,1-2,5,7H2,(H2,14,15). The van der Waals surface area contributed by atoms with Crippen LogP contribution in [-0.4, -0.2) is 22.8 Å². The minimum Gasteiger partial charge on any atom is -0.379 e. The van der Waals surface area contributed by atoms with Crippen LogP contribution < -0.4 is 5.73 Å². The maximum absolute atomic E-state index is 13.3. The number of nitrogens with two attached hydrogens (primary N) is 1. The van der Waals surface area contributed by atoms with Crippen molar-refractivity contribution in [3.05, 3.63) is 24.0 Å². The van der Waals surface area contributed by atoms with Crippen molar-refractivity contribution in [2.75, 3.05) is 18.9 Å². The third kappa shape index (κ3) is 1.76. The topological polar surface area (TPSA) is 53.1 Å². The molecule has 1 fully saturated rings. The SMILES string of the molecule is Nc1nc2ccc(F)cc2n1C1CCCOC1. The lowest BCUT2D eigenvalue weighted by Gasteiger charge is -2.24. The highest BCUT2D eigenvalue weighted by atomic mass is 19.1. The van der Waals surface area contributed by atoms with Crippen LogP contribution in [0.25, 0.3) is 11.0 Å². The van der Waals surface area contributed by atoms with Crippen LogP contribution in [0.15, 0.2) is 18.2 Å². The van der Waals surface area contributed by atoms with Crippen molar-refractivity contribution in [2.45, 2.75) is 18.9 Å². The number of hydrogen-bond donors (Lipinski definition) is 1. The zero-order valence-corrected chi connectivity index (χ0v) is 9.40. The lowest BCUT2D eigenvalue weighted by Crippen LogP contribution is -2.22. The molecular formula is C12H14FN3O. The van der Waals surface area contributed by atoms with E-state index in [2.05, 4.69) is 4.98 Å². The number of nitrogens with zero attached hydrogens (tertiary/aromatic N) is 2. The second kappa shape index (κ2) is 4.00. The van der Waals surface area contributed by atoms with Gasteiger partial charge >= 0.3 is 0 Å². The minimum atomic E-state index is -0.268. The average molecular weight is 235 g/mol. The molecule has 1 atom stereocenters. The predicted octanol–water partition coefficient (Wildman–Crippen LogP) is 2.11. The van der Waals surface area contributed by atoms with Gasteiger partial charge in [0.2, 0.25) is 5.95 Å². The Kier molecular flexibility index (Phi) is 2.48. The first-order valence-corrected chi connectivity index (χ1v) is 5.76. The van der Waals surface area contributed by atoms with Gasteiger partial charge in [-0.15, -0.1) is 0 Å². The first kappa shape index (κ1) is 10.5. The second-order valence-electron chi connectivity index (χ2n) is 4.34. The Morgan fingerprint density at radius 3 is 3.12 bits per heavy atom. The lowest BCUT2D eigenvalue weighted by atomic mass is 10.1. The molecule has 0 saturated carbocycles. The Bertz CT molecular complexity index is 546. The molecule has 5 heteroatoms. The Labute approximate surface area is 98.2 Å². The summed E-state index contributed by atoms with van der Waals surface area (Å²) in [5.74, 6) is 0.163. The summed E-state index contributed by atoms with van der Waals surface area (Å²) in [6.45, 7) is 1.41. The largest absolute Gasteiger partial charge is 0.379 e. The van der Waals surface area contributed by atoms with Crippen LogP contribution in [0.5, 0.6) is 0 Å². The van der Waals surface area contributed by atoms with E-state index in [1.165, 1.54) is 12.1 Å². The predicted molar refractivity (Wildman–Crippen MR) is 63.2 cm³/mol. The summed E-state index contributed by atoms with van der Waals surface area (Å²) in [6, 6.07) is 4.70. The van der Waals surface area contributed by atoms with Crippen LogP contribution in [0.1, 0.15) is 18.9 Å². The van der Waals surface area contributed by atoms with Crippen molar-refractivity contribution in [3.63, 3.8) is 0 Å². The van der Waals surface area contributed by atoms with Gasteiger partial charge in [-0.3, -0.25) is 0 Å². The van der Waals surface area contributed by atoms with Crippen molar-refractivity contribution in [1.29, 1.82) is 0 Å². The molecule has 0 bridgehead atoms. The number of benzene rings is 1. The number of ether oxygens (including phenoxy) is 1. The van der Waals surface area contributed by atoms with E-state index in [1.54, 1.807) is 6.07 Å². The van der Waals surface area contributed by atoms with Crippen molar-refractivity contribution in [3.8, 4) is 0 Å². The molecule has 2 aromatic rings. The van der Waals surface area contributed by atoms with E-state index in [9.17, 15) is 4.39 Å². The van der Waals surface area contributed by atoms with Gasteiger partial charge in [0.25, 0.3) is 0 Å². The molecule has 0 spiro atoms. The van der Waals surface area contributed by atoms with Gasteiger partial charge in [-0.2, -0.15) is 0 Å². The fraction of sp³-hybridized carbons (Fsp3) is 0.417. The van der Waals surface area contributed by atoms with E-state index in [4.69, 9.17) is 10.5 Å². The smallest absolute Gasteiger partial charge is 0.201 e. The third-order valence-corrected chi connectivity index (χ3v) is 3.18. The molecule has 90 valence electrons. The van der Waals surface area contributed by atoms with Gasteiger partial charge in [-0.05, 0) is 31.0 Å². The Morgan fingerprint density at radius 1 is 1.47 bits per heavy atom. The highest BCUT2D eigenvalue weighted by Gasteiger charge is 2.20. The van der Waals surface area contributed by atoms with Crippen LogP contribution in [0.3, 0.4) is 0 Å². The number of rotatable bonds is 1. The summed E-state index contributed by atoms with van der Waals surface area (Å²) in [6.07, 6.45) is 1.99. The molecule has 1 aliphatic rings. The van der Waals surface area contributed by atoms with Crippen molar-refractivity contribution < 1.29 is 9.13 Å². The Hall–Kier alpha value is -1.62. The summed E-state index contributed by atoms with van der Waals surface area (Å²) < 4.78 is 20.6. The normalized spacial score (nSPS) is 20.9. The molecule has 1 aromatic carbocycles. The summed E-state index contributed by atoms with van der Waals surface area (Å²) in [4.78, 5) is 4.25. The first-order chi connectivity index (χ1) is 8.25. The van der Waals surface area contributed by atoms with Gasteiger partial charge in [0.05, 0.1) is 23.7 Å². The zero-order chi connectivity index (χ0) is 11.8. The van der Waals surface area contributed by atoms with Gasteiger partial charge in [0.1, 0.15) is 5.82 Å². The van der Waals surface area contributed by atoms with E-state index >= 15 is 0 Å². The Balaban J connectivity index is 2.13. The number of nitrogen functional groups attached to an aromatic ring is 1. The van der Waals surface area contributed by atoms with Gasteiger partial charge in [-0.25, -0.2) is 9.37 Å². The van der Waals surface area contributed by atoms with Crippen molar-refractivity contribution in [1.82, 2.24) is 9.55 Å². The third-order valence-electron chi connectivity index (χ3n) is 3.18. The molecule has 17 heavy (non-hydrogen) atoms. The molecular weight excluding hydrogens is 221 g/mol. The fourth-order valence-electron chi connectivity index (χ4n) is 2.40. The van der Waals surface area contributed by atoms with Crippen LogP contribution in [0, 0.1) is 5.82 Å². The molecule has 1 unspecified atom stereocenters. The molecule has 4 nitrogen and oxygen atoms in total. The number of fused-ring (bicyclic) bond motifs is 1. The number of anilines is 1. The highest BCUT2D eigenvalue weighted by Crippen LogP contribution is 2.28. The molecule has 2 N–H and O–H groups in total. The maximum atomic E-state index is 13.3. The maximum Gasteiger partial charge on any atom is 0.201 e. The molecule has 1 aromatic heterocycles. The van der Waals surface area contributed by atoms with Gasteiger partial charge in [0, 0.05) is 6.61 Å². The average Bonchev–Trinajstić information content (AvgIpc) is 2.65.